The first kappa shape index (κ1) is 25.5. The Kier molecular flexibility index (Phi) is 12.0. The third-order valence-electron chi connectivity index (χ3n) is 4.18. The monoisotopic (exact) mass is 532 g/mol. The maximum atomic E-state index is 5.70. The molecule has 0 unspecified atom stereocenters. The fourth-order valence-corrected chi connectivity index (χ4v) is 3.83. The van der Waals surface area contributed by atoms with Crippen LogP contribution in [0, 0.1) is 13.8 Å². The summed E-state index contributed by atoms with van der Waals surface area (Å²) in [4.78, 5) is 10.1. The Morgan fingerprint density at radius 2 is 1.69 bits per heavy atom. The molecule has 0 saturated carbocycles. The number of aromatic nitrogens is 1. The van der Waals surface area contributed by atoms with Crippen LogP contribution in [0.2, 0.25) is 0 Å². The highest BCUT2D eigenvalue weighted by Crippen LogP contribution is 2.28. The number of nitrogens with zero attached hydrogens (tertiary/aromatic N) is 2. The molecule has 0 atom stereocenters. The topological polar surface area (TPSA) is 67.8 Å². The fraction of sp³-hybridized carbons (Fsp3) is 0.524. The maximum absolute atomic E-state index is 5.70. The van der Waals surface area contributed by atoms with Crippen molar-refractivity contribution in [3.05, 3.63) is 39.3 Å². The summed E-state index contributed by atoms with van der Waals surface area (Å²) in [6, 6.07) is 6.12. The normalized spacial score (nSPS) is 11.0. The van der Waals surface area contributed by atoms with Crippen LogP contribution in [0.5, 0.6) is 11.5 Å². The van der Waals surface area contributed by atoms with Crippen LogP contribution in [0.3, 0.4) is 0 Å². The summed E-state index contributed by atoms with van der Waals surface area (Å²) < 4.78 is 11.3. The zero-order valence-corrected chi connectivity index (χ0v) is 21.1. The molecule has 0 bridgehead atoms. The van der Waals surface area contributed by atoms with Crippen molar-refractivity contribution in [2.75, 3.05) is 33.4 Å². The van der Waals surface area contributed by atoms with E-state index in [1.165, 1.54) is 10.4 Å². The van der Waals surface area contributed by atoms with E-state index in [1.807, 2.05) is 26.8 Å². The van der Waals surface area contributed by atoms with Gasteiger partial charge >= 0.3 is 0 Å². The second-order valence-corrected chi connectivity index (χ2v) is 7.60. The van der Waals surface area contributed by atoms with E-state index in [0.29, 0.717) is 13.2 Å². The first-order valence-corrected chi connectivity index (χ1v) is 10.6. The Bertz CT molecular complexity index is 780. The Labute approximate surface area is 195 Å². The number of thiazole rings is 1. The summed E-state index contributed by atoms with van der Waals surface area (Å²) >= 11 is 1.77. The zero-order valence-electron chi connectivity index (χ0n) is 18.0. The molecule has 0 aliphatic heterocycles. The molecule has 0 spiro atoms. The van der Waals surface area contributed by atoms with E-state index < -0.39 is 0 Å². The number of aliphatic imine (C=N–C) groups is 1. The standard InChI is InChI=1S/C21H32N4O2S.HI/c1-6-26-18-9-8-17(14-19(18)27-7-2)10-12-23-21(22-5)24-13-11-20-15(3)25-16(4)28-20;/h8-9,14H,6-7,10-13H2,1-5H3,(H2,22,23,24);1H. The van der Waals surface area contributed by atoms with Crippen molar-refractivity contribution >= 4 is 41.3 Å². The third kappa shape index (κ3) is 8.38. The SMILES string of the molecule is CCOc1ccc(CCNC(=NC)NCCc2sc(C)nc2C)cc1OCC.I. The van der Waals surface area contributed by atoms with Gasteiger partial charge in [0.05, 0.1) is 23.9 Å². The van der Waals surface area contributed by atoms with E-state index in [1.54, 1.807) is 18.4 Å². The van der Waals surface area contributed by atoms with E-state index in [0.717, 1.165) is 54.1 Å². The molecule has 2 rings (SSSR count). The molecule has 0 aliphatic carbocycles. The smallest absolute Gasteiger partial charge is 0.190 e. The molecule has 6 nitrogen and oxygen atoms in total. The first-order valence-electron chi connectivity index (χ1n) is 9.83. The van der Waals surface area contributed by atoms with Gasteiger partial charge in [0, 0.05) is 31.4 Å². The maximum Gasteiger partial charge on any atom is 0.190 e. The summed E-state index contributed by atoms with van der Waals surface area (Å²) in [6.45, 7) is 10.9. The molecule has 1 aromatic carbocycles. The van der Waals surface area contributed by atoms with Gasteiger partial charge in [-0.2, -0.15) is 0 Å². The van der Waals surface area contributed by atoms with E-state index in [2.05, 4.69) is 39.7 Å². The lowest BCUT2D eigenvalue weighted by molar-refractivity contribution is 0.287. The molecule has 0 radical (unpaired) electrons. The van der Waals surface area contributed by atoms with Gasteiger partial charge in [-0.25, -0.2) is 4.98 Å². The Morgan fingerprint density at radius 3 is 2.28 bits per heavy atom. The molecule has 0 fully saturated rings. The molecule has 1 aromatic heterocycles. The number of ether oxygens (including phenoxy) is 2. The lowest BCUT2D eigenvalue weighted by Crippen LogP contribution is -2.39. The molecule has 2 N–H and O–H groups in total. The van der Waals surface area contributed by atoms with Gasteiger partial charge in [0.25, 0.3) is 0 Å². The van der Waals surface area contributed by atoms with Crippen LogP contribution in [0.15, 0.2) is 23.2 Å². The molecule has 2 aromatic rings. The second kappa shape index (κ2) is 13.6. The number of benzene rings is 1. The van der Waals surface area contributed by atoms with Gasteiger partial charge in [0.1, 0.15) is 0 Å². The van der Waals surface area contributed by atoms with Gasteiger partial charge in [-0.3, -0.25) is 4.99 Å². The van der Waals surface area contributed by atoms with Gasteiger partial charge < -0.3 is 20.1 Å². The fourth-order valence-electron chi connectivity index (χ4n) is 2.90. The van der Waals surface area contributed by atoms with Crippen LogP contribution >= 0.6 is 35.3 Å². The van der Waals surface area contributed by atoms with Crippen molar-refractivity contribution in [1.29, 1.82) is 0 Å². The summed E-state index contributed by atoms with van der Waals surface area (Å²) in [5, 5.41) is 7.86. The Balaban J connectivity index is 0.00000420. The predicted octanol–water partition coefficient (Wildman–Crippen LogP) is 4.13. The van der Waals surface area contributed by atoms with E-state index in [4.69, 9.17) is 9.47 Å². The molecule has 0 aliphatic rings. The average Bonchev–Trinajstić information content (AvgIpc) is 3.00. The van der Waals surface area contributed by atoms with Crippen molar-refractivity contribution in [1.82, 2.24) is 15.6 Å². The molecule has 1 heterocycles. The van der Waals surface area contributed by atoms with Crippen molar-refractivity contribution in [2.45, 2.75) is 40.5 Å². The van der Waals surface area contributed by atoms with E-state index in [-0.39, 0.29) is 24.0 Å². The van der Waals surface area contributed by atoms with Gasteiger partial charge in [-0.05, 0) is 51.8 Å². The number of halogens is 1. The highest BCUT2D eigenvalue weighted by Gasteiger charge is 2.07. The largest absolute Gasteiger partial charge is 0.490 e. The number of guanidine groups is 1. The average molecular weight is 532 g/mol. The van der Waals surface area contributed by atoms with Crippen molar-refractivity contribution < 1.29 is 9.47 Å². The van der Waals surface area contributed by atoms with Gasteiger partial charge in [-0.15, -0.1) is 35.3 Å². The quantitative estimate of drug-likeness (QED) is 0.274. The van der Waals surface area contributed by atoms with Crippen molar-refractivity contribution in [2.24, 2.45) is 4.99 Å². The summed E-state index contributed by atoms with van der Waals surface area (Å²) in [5.41, 5.74) is 2.33. The number of hydrogen-bond acceptors (Lipinski definition) is 5. The minimum Gasteiger partial charge on any atom is -0.490 e. The Hall–Kier alpha value is -1.55. The van der Waals surface area contributed by atoms with Gasteiger partial charge in [0.2, 0.25) is 0 Å². The number of rotatable bonds is 10. The summed E-state index contributed by atoms with van der Waals surface area (Å²) in [7, 11) is 1.79. The Morgan fingerprint density at radius 1 is 1.03 bits per heavy atom. The minimum absolute atomic E-state index is 0. The summed E-state index contributed by atoms with van der Waals surface area (Å²) in [6.07, 6.45) is 1.83. The van der Waals surface area contributed by atoms with Gasteiger partial charge in [-0.1, -0.05) is 6.07 Å². The summed E-state index contributed by atoms with van der Waals surface area (Å²) in [5.74, 6) is 2.42. The zero-order chi connectivity index (χ0) is 20.4. The van der Waals surface area contributed by atoms with Crippen LogP contribution in [0.1, 0.15) is 35.0 Å². The van der Waals surface area contributed by atoms with Crippen LogP contribution in [0.4, 0.5) is 0 Å². The van der Waals surface area contributed by atoms with Gasteiger partial charge in [0.15, 0.2) is 17.5 Å². The van der Waals surface area contributed by atoms with Crippen LogP contribution in [0.25, 0.3) is 0 Å². The number of hydrogen-bond donors (Lipinski definition) is 2. The number of nitrogens with one attached hydrogen (secondary N) is 2. The van der Waals surface area contributed by atoms with Crippen LogP contribution in [-0.2, 0) is 12.8 Å². The van der Waals surface area contributed by atoms with Crippen molar-refractivity contribution in [3.8, 4) is 11.5 Å². The van der Waals surface area contributed by atoms with E-state index >= 15 is 0 Å². The highest BCUT2D eigenvalue weighted by molar-refractivity contribution is 14.0. The minimum atomic E-state index is 0. The highest BCUT2D eigenvalue weighted by atomic mass is 127. The molecular weight excluding hydrogens is 499 g/mol. The first-order chi connectivity index (χ1) is 13.6. The lowest BCUT2D eigenvalue weighted by atomic mass is 10.1. The van der Waals surface area contributed by atoms with Crippen LogP contribution in [-0.4, -0.2) is 44.3 Å². The number of aryl methyl sites for hydroxylation is 2. The molecule has 29 heavy (non-hydrogen) atoms. The molecule has 0 amide bonds. The molecule has 162 valence electrons. The predicted molar refractivity (Wildman–Crippen MR) is 133 cm³/mol. The van der Waals surface area contributed by atoms with Crippen molar-refractivity contribution in [3.63, 3.8) is 0 Å². The third-order valence-corrected chi connectivity index (χ3v) is 5.31. The second-order valence-electron chi connectivity index (χ2n) is 6.31. The molecule has 8 heteroatoms. The lowest BCUT2D eigenvalue weighted by Gasteiger charge is -2.14. The van der Waals surface area contributed by atoms with Crippen LogP contribution < -0.4 is 20.1 Å². The molecular formula is C21H33IN4O2S. The van der Waals surface area contributed by atoms with E-state index in [9.17, 15) is 0 Å². The molecule has 0 saturated heterocycles.